The quantitative estimate of drug-likeness (QED) is 0.560. The van der Waals surface area contributed by atoms with E-state index in [0.29, 0.717) is 24.5 Å². The lowest BCUT2D eigenvalue weighted by molar-refractivity contribution is -0.147. The lowest BCUT2D eigenvalue weighted by atomic mass is 9.90. The number of esters is 2. The minimum Gasteiger partial charge on any atom is -0.508 e. The number of ether oxygens (including phenoxy) is 3. The molecule has 6 nitrogen and oxygen atoms in total. The van der Waals surface area contributed by atoms with Crippen LogP contribution < -0.4 is 4.74 Å². The molecule has 0 aromatic heterocycles. The highest BCUT2D eigenvalue weighted by molar-refractivity contribution is 5.87. The molecule has 1 N–H and O–H groups in total. The van der Waals surface area contributed by atoms with Gasteiger partial charge in [-0.05, 0) is 54.8 Å². The highest BCUT2D eigenvalue weighted by Gasteiger charge is 2.41. The van der Waals surface area contributed by atoms with Crippen LogP contribution in [0.3, 0.4) is 0 Å². The van der Waals surface area contributed by atoms with Crippen LogP contribution in [0.1, 0.15) is 49.0 Å². The van der Waals surface area contributed by atoms with Crippen molar-refractivity contribution in [3.63, 3.8) is 0 Å². The van der Waals surface area contributed by atoms with Gasteiger partial charge in [0.2, 0.25) is 0 Å². The molecular formula is C23H24O6. The maximum Gasteiger partial charge on any atom is 0.330 e. The Balaban J connectivity index is 1.93. The number of aromatic hydroxyl groups is 1. The molecule has 0 saturated heterocycles. The summed E-state index contributed by atoms with van der Waals surface area (Å²) in [6.45, 7) is 4.31. The van der Waals surface area contributed by atoms with Gasteiger partial charge in [0, 0.05) is 11.6 Å². The van der Waals surface area contributed by atoms with E-state index in [0.717, 1.165) is 17.5 Å². The van der Waals surface area contributed by atoms with Crippen LogP contribution in [0.25, 0.3) is 6.08 Å². The summed E-state index contributed by atoms with van der Waals surface area (Å²) in [5, 5.41) is 9.56. The Bertz CT molecular complexity index is 900. The van der Waals surface area contributed by atoms with E-state index in [1.54, 1.807) is 43.3 Å². The Labute approximate surface area is 169 Å². The van der Waals surface area contributed by atoms with Gasteiger partial charge in [0.05, 0.1) is 13.2 Å². The zero-order valence-electron chi connectivity index (χ0n) is 16.5. The first-order valence-corrected chi connectivity index (χ1v) is 9.64. The first kappa shape index (κ1) is 20.5. The van der Waals surface area contributed by atoms with E-state index >= 15 is 0 Å². The predicted molar refractivity (Wildman–Crippen MR) is 108 cm³/mol. The molecule has 152 valence electrons. The zero-order valence-corrected chi connectivity index (χ0v) is 16.5. The van der Waals surface area contributed by atoms with E-state index < -0.39 is 18.0 Å². The number of phenolic OH excluding ortho intramolecular Hbond substituents is 1. The Morgan fingerprint density at radius 2 is 1.86 bits per heavy atom. The van der Waals surface area contributed by atoms with Gasteiger partial charge in [0.15, 0.2) is 0 Å². The zero-order chi connectivity index (χ0) is 20.8. The smallest absolute Gasteiger partial charge is 0.330 e. The summed E-state index contributed by atoms with van der Waals surface area (Å²) >= 11 is 0. The van der Waals surface area contributed by atoms with Crippen LogP contribution >= 0.6 is 0 Å². The standard InChI is InChI=1S/C23H24O6/c1-3-13-28-23(26)21-18-14-15(6-12-20(25)27-4-2)5-11-19(18)29-22(21)16-7-9-17(24)10-8-16/h5-12,14,21-22,24H,3-4,13H2,1-2H3/b12-6+/t21-,22+/m1/s1. The molecule has 1 heterocycles. The average Bonchev–Trinajstić information content (AvgIpc) is 3.10. The molecule has 0 bridgehead atoms. The van der Waals surface area contributed by atoms with Crippen LogP contribution in [0, 0.1) is 0 Å². The molecule has 0 saturated carbocycles. The predicted octanol–water partition coefficient (Wildman–Crippen LogP) is 4.14. The molecule has 0 unspecified atom stereocenters. The summed E-state index contributed by atoms with van der Waals surface area (Å²) in [6.07, 6.45) is 3.15. The fraction of sp³-hybridized carbons (Fsp3) is 0.304. The van der Waals surface area contributed by atoms with E-state index in [1.165, 1.54) is 6.08 Å². The minimum atomic E-state index is -0.642. The van der Waals surface area contributed by atoms with E-state index in [4.69, 9.17) is 14.2 Å². The molecule has 2 aromatic rings. The fourth-order valence-corrected chi connectivity index (χ4v) is 3.21. The second-order valence-electron chi connectivity index (χ2n) is 6.66. The van der Waals surface area contributed by atoms with Gasteiger partial charge in [0.25, 0.3) is 0 Å². The van der Waals surface area contributed by atoms with Crippen LogP contribution in [-0.2, 0) is 19.1 Å². The average molecular weight is 396 g/mol. The van der Waals surface area contributed by atoms with Gasteiger partial charge in [-0.15, -0.1) is 0 Å². The summed E-state index contributed by atoms with van der Waals surface area (Å²) < 4.78 is 16.4. The van der Waals surface area contributed by atoms with Crippen LogP contribution in [-0.4, -0.2) is 30.3 Å². The first-order valence-electron chi connectivity index (χ1n) is 9.64. The second kappa shape index (κ2) is 9.28. The number of hydrogen-bond acceptors (Lipinski definition) is 6. The summed E-state index contributed by atoms with van der Waals surface area (Å²) in [6, 6.07) is 12.0. The third-order valence-corrected chi connectivity index (χ3v) is 4.55. The first-order chi connectivity index (χ1) is 14.0. The molecule has 0 amide bonds. The van der Waals surface area contributed by atoms with Crippen LogP contribution in [0.4, 0.5) is 0 Å². The van der Waals surface area contributed by atoms with Crippen molar-refractivity contribution < 1.29 is 28.9 Å². The lowest BCUT2D eigenvalue weighted by Gasteiger charge is -2.18. The van der Waals surface area contributed by atoms with Crippen molar-refractivity contribution in [2.45, 2.75) is 32.3 Å². The van der Waals surface area contributed by atoms with Crippen molar-refractivity contribution in [3.05, 3.63) is 65.2 Å². The van der Waals surface area contributed by atoms with Crippen molar-refractivity contribution in [2.24, 2.45) is 0 Å². The molecule has 1 aliphatic heterocycles. The van der Waals surface area contributed by atoms with Crippen LogP contribution in [0.15, 0.2) is 48.5 Å². The van der Waals surface area contributed by atoms with Crippen LogP contribution in [0.5, 0.6) is 11.5 Å². The summed E-state index contributed by atoms with van der Waals surface area (Å²) in [5.41, 5.74) is 2.22. The molecule has 0 spiro atoms. The fourth-order valence-electron chi connectivity index (χ4n) is 3.21. The van der Waals surface area contributed by atoms with E-state index in [9.17, 15) is 14.7 Å². The van der Waals surface area contributed by atoms with Gasteiger partial charge >= 0.3 is 11.9 Å². The molecule has 0 aliphatic carbocycles. The van der Waals surface area contributed by atoms with Gasteiger partial charge in [-0.2, -0.15) is 0 Å². The van der Waals surface area contributed by atoms with Crippen molar-refractivity contribution >= 4 is 18.0 Å². The van der Waals surface area contributed by atoms with Gasteiger partial charge < -0.3 is 19.3 Å². The topological polar surface area (TPSA) is 82.1 Å². The molecule has 1 aliphatic rings. The molecule has 3 rings (SSSR count). The monoisotopic (exact) mass is 396 g/mol. The molecule has 2 aromatic carbocycles. The van der Waals surface area contributed by atoms with Crippen molar-refractivity contribution in [2.75, 3.05) is 13.2 Å². The SMILES string of the molecule is CCCOC(=O)[C@@H]1c2cc(/C=C/C(=O)OCC)ccc2O[C@H]1c1ccc(O)cc1. The van der Waals surface area contributed by atoms with Gasteiger partial charge in [-0.1, -0.05) is 25.1 Å². The highest BCUT2D eigenvalue weighted by atomic mass is 16.5. The summed E-state index contributed by atoms with van der Waals surface area (Å²) in [5.74, 6) is -0.701. The summed E-state index contributed by atoms with van der Waals surface area (Å²) in [4.78, 5) is 24.4. The Kier molecular flexibility index (Phi) is 6.54. The van der Waals surface area contributed by atoms with E-state index in [2.05, 4.69) is 0 Å². The number of phenols is 1. The molecule has 0 radical (unpaired) electrons. The van der Waals surface area contributed by atoms with Crippen LogP contribution in [0.2, 0.25) is 0 Å². The van der Waals surface area contributed by atoms with Gasteiger partial charge in [0.1, 0.15) is 23.5 Å². The third kappa shape index (κ3) is 4.77. The third-order valence-electron chi connectivity index (χ3n) is 4.55. The molecule has 6 heteroatoms. The Hall–Kier alpha value is -3.28. The molecular weight excluding hydrogens is 372 g/mol. The number of carbonyl (C=O) groups excluding carboxylic acids is 2. The molecule has 0 fully saturated rings. The minimum absolute atomic E-state index is 0.140. The van der Waals surface area contributed by atoms with Crippen molar-refractivity contribution in [3.8, 4) is 11.5 Å². The number of benzene rings is 2. The largest absolute Gasteiger partial charge is 0.508 e. The Morgan fingerprint density at radius 3 is 2.55 bits per heavy atom. The van der Waals surface area contributed by atoms with E-state index in [-0.39, 0.29) is 11.7 Å². The normalized spacial score (nSPS) is 17.6. The molecule has 29 heavy (non-hydrogen) atoms. The number of rotatable bonds is 7. The molecule has 2 atom stereocenters. The number of fused-ring (bicyclic) bond motifs is 1. The highest BCUT2D eigenvalue weighted by Crippen LogP contribution is 2.47. The maximum atomic E-state index is 12.8. The van der Waals surface area contributed by atoms with Crippen molar-refractivity contribution in [1.29, 1.82) is 0 Å². The van der Waals surface area contributed by atoms with Gasteiger partial charge in [-0.3, -0.25) is 4.79 Å². The summed E-state index contributed by atoms with van der Waals surface area (Å²) in [7, 11) is 0. The van der Waals surface area contributed by atoms with E-state index in [1.807, 2.05) is 19.1 Å². The van der Waals surface area contributed by atoms with Crippen molar-refractivity contribution in [1.82, 2.24) is 0 Å². The number of hydrogen-bond donors (Lipinski definition) is 1. The number of carbonyl (C=O) groups is 2. The van der Waals surface area contributed by atoms with Gasteiger partial charge in [-0.25, -0.2) is 4.79 Å². The Morgan fingerprint density at radius 1 is 1.10 bits per heavy atom. The maximum absolute atomic E-state index is 12.8. The lowest BCUT2D eigenvalue weighted by Crippen LogP contribution is -2.21. The second-order valence-corrected chi connectivity index (χ2v) is 6.66.